The molecule has 1 aliphatic rings. The van der Waals surface area contributed by atoms with E-state index in [1.54, 1.807) is 0 Å². The normalized spacial score (nSPS) is 21.2. The Balaban J connectivity index is 1.97. The van der Waals surface area contributed by atoms with Gasteiger partial charge in [0.2, 0.25) is 0 Å². The van der Waals surface area contributed by atoms with Gasteiger partial charge in [0.25, 0.3) is 5.91 Å². The third-order valence-corrected chi connectivity index (χ3v) is 4.21. The Hall–Kier alpha value is -1.57. The SMILES string of the molecule is C[C@H]1CCCN([C@H](C)CNC(=O)c2cn(C)nc2C(F)(F)F)C1. The topological polar surface area (TPSA) is 50.2 Å². The largest absolute Gasteiger partial charge is 0.435 e. The first-order valence-electron chi connectivity index (χ1n) is 7.81. The Kier molecular flexibility index (Phi) is 5.33. The molecule has 1 fully saturated rings. The van der Waals surface area contributed by atoms with Crippen molar-refractivity contribution in [2.24, 2.45) is 13.0 Å². The first-order valence-corrected chi connectivity index (χ1v) is 7.81. The van der Waals surface area contributed by atoms with Gasteiger partial charge in [-0.3, -0.25) is 14.4 Å². The molecular formula is C15H23F3N4O. The Bertz CT molecular complexity index is 555. The summed E-state index contributed by atoms with van der Waals surface area (Å²) in [5, 5.41) is 5.95. The summed E-state index contributed by atoms with van der Waals surface area (Å²) in [5.41, 5.74) is -1.57. The molecule has 130 valence electrons. The van der Waals surface area contributed by atoms with Gasteiger partial charge < -0.3 is 5.32 Å². The van der Waals surface area contributed by atoms with Crippen LogP contribution in [0.5, 0.6) is 0 Å². The van der Waals surface area contributed by atoms with Crippen LogP contribution in [0.4, 0.5) is 13.2 Å². The lowest BCUT2D eigenvalue weighted by molar-refractivity contribution is -0.141. The van der Waals surface area contributed by atoms with E-state index in [1.165, 1.54) is 13.5 Å². The summed E-state index contributed by atoms with van der Waals surface area (Å²) in [6.45, 7) is 6.40. The number of nitrogens with zero attached hydrogens (tertiary/aromatic N) is 3. The highest BCUT2D eigenvalue weighted by atomic mass is 19.4. The first kappa shape index (κ1) is 17.8. The molecule has 1 aromatic rings. The quantitative estimate of drug-likeness (QED) is 0.920. The van der Waals surface area contributed by atoms with Gasteiger partial charge in [0.1, 0.15) is 0 Å². The van der Waals surface area contributed by atoms with Gasteiger partial charge in [-0.05, 0) is 32.2 Å². The van der Waals surface area contributed by atoms with Crippen LogP contribution >= 0.6 is 0 Å². The number of likely N-dealkylation sites (tertiary alicyclic amines) is 1. The second-order valence-corrected chi connectivity index (χ2v) is 6.36. The molecule has 0 radical (unpaired) electrons. The molecule has 1 aliphatic heterocycles. The number of halogens is 3. The molecule has 1 amide bonds. The highest BCUT2D eigenvalue weighted by Gasteiger charge is 2.39. The number of rotatable bonds is 4. The van der Waals surface area contributed by atoms with Gasteiger partial charge in [-0.25, -0.2) is 0 Å². The van der Waals surface area contributed by atoms with Crippen LogP contribution in [0.2, 0.25) is 0 Å². The average molecular weight is 332 g/mol. The van der Waals surface area contributed by atoms with E-state index in [1.807, 2.05) is 6.92 Å². The molecule has 2 heterocycles. The van der Waals surface area contributed by atoms with E-state index in [0.717, 1.165) is 30.4 Å². The Labute approximate surface area is 133 Å². The van der Waals surface area contributed by atoms with Crippen LogP contribution in [0, 0.1) is 5.92 Å². The molecule has 1 N–H and O–H groups in total. The molecular weight excluding hydrogens is 309 g/mol. The molecule has 2 rings (SSSR count). The summed E-state index contributed by atoms with van der Waals surface area (Å²) in [7, 11) is 1.36. The number of alkyl halides is 3. The van der Waals surface area contributed by atoms with Crippen molar-refractivity contribution in [1.82, 2.24) is 20.0 Å². The summed E-state index contributed by atoms with van der Waals surface area (Å²) in [5.74, 6) is -0.126. The summed E-state index contributed by atoms with van der Waals surface area (Å²) >= 11 is 0. The van der Waals surface area contributed by atoms with Crippen LogP contribution < -0.4 is 5.32 Å². The number of nitrogens with one attached hydrogen (secondary N) is 1. The van der Waals surface area contributed by atoms with Gasteiger partial charge in [-0.1, -0.05) is 6.92 Å². The molecule has 23 heavy (non-hydrogen) atoms. The molecule has 0 aromatic carbocycles. The second-order valence-electron chi connectivity index (χ2n) is 6.36. The Morgan fingerprint density at radius 3 is 2.83 bits per heavy atom. The van der Waals surface area contributed by atoms with Crippen LogP contribution in [0.25, 0.3) is 0 Å². The number of carbonyl (C=O) groups excluding carboxylic acids is 1. The fourth-order valence-corrected chi connectivity index (χ4v) is 2.95. The highest BCUT2D eigenvalue weighted by Crippen LogP contribution is 2.30. The minimum Gasteiger partial charge on any atom is -0.350 e. The number of piperidine rings is 1. The minimum absolute atomic E-state index is 0.0905. The van der Waals surface area contributed by atoms with Crippen molar-refractivity contribution < 1.29 is 18.0 Å². The zero-order chi connectivity index (χ0) is 17.2. The number of amides is 1. The smallest absolute Gasteiger partial charge is 0.350 e. The molecule has 2 atom stereocenters. The van der Waals surface area contributed by atoms with Crippen LogP contribution in [0.15, 0.2) is 6.20 Å². The second kappa shape index (κ2) is 6.90. The maximum absolute atomic E-state index is 12.9. The van der Waals surface area contributed by atoms with E-state index in [0.29, 0.717) is 12.5 Å². The summed E-state index contributed by atoms with van der Waals surface area (Å²) in [6.07, 6.45) is -1.23. The predicted octanol–water partition coefficient (Wildman–Crippen LogP) is 2.29. The van der Waals surface area contributed by atoms with Gasteiger partial charge >= 0.3 is 6.18 Å². The van der Waals surface area contributed by atoms with Gasteiger partial charge in [0.05, 0.1) is 5.56 Å². The third-order valence-electron chi connectivity index (χ3n) is 4.21. The zero-order valence-electron chi connectivity index (χ0n) is 13.7. The summed E-state index contributed by atoms with van der Waals surface area (Å²) < 4.78 is 39.7. The van der Waals surface area contributed by atoms with Crippen LogP contribution in [0.1, 0.15) is 42.7 Å². The van der Waals surface area contributed by atoms with E-state index >= 15 is 0 Å². The molecule has 5 nitrogen and oxygen atoms in total. The fourth-order valence-electron chi connectivity index (χ4n) is 2.95. The lowest BCUT2D eigenvalue weighted by Crippen LogP contribution is -2.46. The van der Waals surface area contributed by atoms with Crippen molar-refractivity contribution in [3.8, 4) is 0 Å². The maximum atomic E-state index is 12.9. The first-order chi connectivity index (χ1) is 10.7. The van der Waals surface area contributed by atoms with Gasteiger partial charge in [-0.2, -0.15) is 18.3 Å². The number of aromatic nitrogens is 2. The van der Waals surface area contributed by atoms with Crippen molar-refractivity contribution in [3.63, 3.8) is 0 Å². The highest BCUT2D eigenvalue weighted by molar-refractivity contribution is 5.95. The lowest BCUT2D eigenvalue weighted by Gasteiger charge is -2.35. The van der Waals surface area contributed by atoms with Crippen molar-refractivity contribution in [2.75, 3.05) is 19.6 Å². The molecule has 0 bridgehead atoms. The monoisotopic (exact) mass is 332 g/mol. The van der Waals surface area contributed by atoms with Crippen LogP contribution in [-0.2, 0) is 13.2 Å². The molecule has 0 unspecified atom stereocenters. The average Bonchev–Trinajstić information content (AvgIpc) is 2.86. The number of hydrogen-bond donors (Lipinski definition) is 1. The molecule has 1 aromatic heterocycles. The van der Waals surface area contributed by atoms with E-state index in [4.69, 9.17) is 0 Å². The van der Waals surface area contributed by atoms with E-state index in [2.05, 4.69) is 22.2 Å². The zero-order valence-corrected chi connectivity index (χ0v) is 13.7. The maximum Gasteiger partial charge on any atom is 0.435 e. The van der Waals surface area contributed by atoms with Gasteiger partial charge in [0, 0.05) is 32.4 Å². The summed E-state index contributed by atoms with van der Waals surface area (Å²) in [4.78, 5) is 14.4. The third kappa shape index (κ3) is 4.46. The van der Waals surface area contributed by atoms with Crippen molar-refractivity contribution >= 4 is 5.91 Å². The lowest BCUT2D eigenvalue weighted by atomic mass is 9.99. The van der Waals surface area contributed by atoms with Gasteiger partial charge in [-0.15, -0.1) is 0 Å². The van der Waals surface area contributed by atoms with Crippen molar-refractivity contribution in [2.45, 2.75) is 38.9 Å². The summed E-state index contributed by atoms with van der Waals surface area (Å²) in [6, 6.07) is 0.0905. The van der Waals surface area contributed by atoms with Crippen LogP contribution in [-0.4, -0.2) is 46.3 Å². The van der Waals surface area contributed by atoms with E-state index in [-0.39, 0.29) is 6.04 Å². The number of hydrogen-bond acceptors (Lipinski definition) is 3. The number of carbonyl (C=O) groups is 1. The fraction of sp³-hybridized carbons (Fsp3) is 0.733. The standard InChI is InChI=1S/C15H23F3N4O/c1-10-5-4-6-22(8-10)11(2)7-19-14(23)12-9-21(3)20-13(12)15(16,17)18/h9-11H,4-8H2,1-3H3,(H,19,23)/t10-,11+/m0/s1. The minimum atomic E-state index is -4.64. The number of aryl methyl sites for hydroxylation is 1. The Morgan fingerprint density at radius 1 is 1.52 bits per heavy atom. The van der Waals surface area contributed by atoms with E-state index < -0.39 is 23.3 Å². The molecule has 0 aliphatic carbocycles. The molecule has 8 heteroatoms. The molecule has 0 spiro atoms. The predicted molar refractivity (Wildman–Crippen MR) is 80.0 cm³/mol. The molecule has 1 saturated heterocycles. The molecule has 0 saturated carbocycles. The Morgan fingerprint density at radius 2 is 2.22 bits per heavy atom. The van der Waals surface area contributed by atoms with Gasteiger partial charge in [0.15, 0.2) is 5.69 Å². The van der Waals surface area contributed by atoms with Crippen molar-refractivity contribution in [1.29, 1.82) is 0 Å². The van der Waals surface area contributed by atoms with Crippen LogP contribution in [0.3, 0.4) is 0 Å². The van der Waals surface area contributed by atoms with E-state index in [9.17, 15) is 18.0 Å². The van der Waals surface area contributed by atoms with Crippen molar-refractivity contribution in [3.05, 3.63) is 17.5 Å².